The summed E-state index contributed by atoms with van der Waals surface area (Å²) in [6.45, 7) is 3.68. The number of halogens is 1. The molecule has 0 fully saturated rings. The van der Waals surface area contributed by atoms with E-state index in [4.69, 9.17) is 20.8 Å². The lowest BCUT2D eigenvalue weighted by molar-refractivity contribution is -0.147. The first-order valence-corrected chi connectivity index (χ1v) is 8.80. The average molecular weight is 398 g/mol. The van der Waals surface area contributed by atoms with E-state index in [1.165, 1.54) is 26.4 Å². The van der Waals surface area contributed by atoms with Crippen LogP contribution < -0.4 is 5.48 Å². The molecule has 0 aliphatic heterocycles. The second-order valence-electron chi connectivity index (χ2n) is 6.24. The lowest BCUT2D eigenvalue weighted by Crippen LogP contribution is -2.30. The predicted octanol–water partition coefficient (Wildman–Crippen LogP) is 3.42. The van der Waals surface area contributed by atoms with Crippen LogP contribution in [0, 0.1) is 25.1 Å². The first-order chi connectivity index (χ1) is 13.9. The van der Waals surface area contributed by atoms with Crippen LogP contribution in [0.3, 0.4) is 0 Å². The zero-order valence-electron chi connectivity index (χ0n) is 16.8. The third kappa shape index (κ3) is 5.64. The smallest absolute Gasteiger partial charge is 0.329 e. The summed E-state index contributed by atoms with van der Waals surface area (Å²) in [5, 5.41) is 4.07. The molecular weight excluding hydrogens is 375 g/mol. The molecule has 1 unspecified atom stereocenters. The fourth-order valence-electron chi connectivity index (χ4n) is 2.80. The largest absolute Gasteiger partial charge is 0.468 e. The summed E-state index contributed by atoms with van der Waals surface area (Å²) < 4.78 is 18.5. The van der Waals surface area contributed by atoms with Crippen molar-refractivity contribution >= 4 is 11.7 Å². The molecule has 0 aromatic heterocycles. The van der Waals surface area contributed by atoms with Gasteiger partial charge in [0.2, 0.25) is 0 Å². The fourth-order valence-corrected chi connectivity index (χ4v) is 2.80. The summed E-state index contributed by atoms with van der Waals surface area (Å²) in [7, 11) is 2.72. The molecule has 2 aromatic carbocycles. The van der Waals surface area contributed by atoms with Crippen molar-refractivity contribution in [2.75, 3.05) is 14.2 Å². The highest BCUT2D eigenvalue weighted by Crippen LogP contribution is 2.24. The minimum atomic E-state index is -0.824. The van der Waals surface area contributed by atoms with Gasteiger partial charge in [0.25, 0.3) is 0 Å². The van der Waals surface area contributed by atoms with Crippen molar-refractivity contribution in [1.82, 2.24) is 5.48 Å². The molecule has 1 atom stereocenters. The zero-order chi connectivity index (χ0) is 21.4. The quantitative estimate of drug-likeness (QED) is 0.319. The van der Waals surface area contributed by atoms with Gasteiger partial charge in [-0.3, -0.25) is 0 Å². The molecule has 29 heavy (non-hydrogen) atoms. The maximum atomic E-state index is 13.7. The molecule has 0 saturated heterocycles. The van der Waals surface area contributed by atoms with Crippen molar-refractivity contribution in [2.24, 2.45) is 5.16 Å². The van der Waals surface area contributed by atoms with E-state index in [0.717, 1.165) is 11.1 Å². The van der Waals surface area contributed by atoms with Crippen LogP contribution in [0.2, 0.25) is 0 Å². The number of hydrogen-bond donors (Lipinski definition) is 1. The Morgan fingerprint density at radius 3 is 2.72 bits per heavy atom. The number of benzene rings is 2. The highest BCUT2D eigenvalue weighted by atomic mass is 19.1. The van der Waals surface area contributed by atoms with Gasteiger partial charge in [-0.05, 0) is 43.2 Å². The topological polar surface area (TPSA) is 69.1 Å². The van der Waals surface area contributed by atoms with Gasteiger partial charge in [0.15, 0.2) is 6.04 Å². The van der Waals surface area contributed by atoms with E-state index in [1.807, 2.05) is 19.1 Å². The minimum Gasteiger partial charge on any atom is -0.468 e. The number of methoxy groups -OCH3 is 1. The lowest BCUT2D eigenvalue weighted by atomic mass is 9.97. The SMILES string of the molecule is C#Cc1cc(F)cc(/C(C)=N/OCc2c(C)cccc2C(NOC)C(=O)OC)c1. The van der Waals surface area contributed by atoms with Crippen molar-refractivity contribution in [3.8, 4) is 12.3 Å². The summed E-state index contributed by atoms with van der Waals surface area (Å²) in [5.41, 5.74) is 6.35. The van der Waals surface area contributed by atoms with Crippen molar-refractivity contribution < 1.29 is 23.6 Å². The van der Waals surface area contributed by atoms with Crippen LogP contribution in [-0.2, 0) is 25.8 Å². The van der Waals surface area contributed by atoms with Gasteiger partial charge >= 0.3 is 5.97 Å². The number of carbonyl (C=O) groups is 1. The number of ether oxygens (including phenoxy) is 1. The maximum absolute atomic E-state index is 13.7. The highest BCUT2D eigenvalue weighted by molar-refractivity contribution is 5.98. The molecule has 0 radical (unpaired) electrons. The van der Waals surface area contributed by atoms with E-state index in [1.54, 1.807) is 19.1 Å². The predicted molar refractivity (Wildman–Crippen MR) is 107 cm³/mol. The van der Waals surface area contributed by atoms with Gasteiger partial charge in [0.05, 0.1) is 19.9 Å². The molecule has 2 rings (SSSR count). The average Bonchev–Trinajstić information content (AvgIpc) is 2.72. The Kier molecular flexibility index (Phi) is 7.89. The van der Waals surface area contributed by atoms with Gasteiger partial charge in [0, 0.05) is 16.7 Å². The standard InChI is InChI=1S/C22H23FN2O4/c1-6-16-10-17(12-18(23)11-16)15(3)24-29-13-20-14(2)8-7-9-19(20)21(25-28-5)22(26)27-4/h1,7-12,21,25H,13H2,2-5H3/b24-15+. The molecule has 6 nitrogen and oxygen atoms in total. The van der Waals surface area contributed by atoms with Crippen molar-refractivity contribution in [2.45, 2.75) is 26.5 Å². The molecular formula is C22H23FN2O4. The van der Waals surface area contributed by atoms with E-state index in [2.05, 4.69) is 16.6 Å². The van der Waals surface area contributed by atoms with E-state index >= 15 is 0 Å². The summed E-state index contributed by atoms with van der Waals surface area (Å²) in [6, 6.07) is 8.93. The summed E-state index contributed by atoms with van der Waals surface area (Å²) in [5.74, 6) is 1.46. The maximum Gasteiger partial charge on any atom is 0.329 e. The first-order valence-electron chi connectivity index (χ1n) is 8.80. The Hall–Kier alpha value is -3.21. The van der Waals surface area contributed by atoms with Gasteiger partial charge in [-0.15, -0.1) is 6.42 Å². The number of nitrogens with zero attached hydrogens (tertiary/aromatic N) is 1. The number of rotatable bonds is 8. The number of aryl methyl sites for hydroxylation is 1. The number of hydrogen-bond acceptors (Lipinski definition) is 6. The van der Waals surface area contributed by atoms with Crippen LogP contribution >= 0.6 is 0 Å². The van der Waals surface area contributed by atoms with Crippen LogP contribution in [-0.4, -0.2) is 25.9 Å². The normalized spacial score (nSPS) is 12.2. The number of terminal acetylenes is 1. The number of carbonyl (C=O) groups excluding carboxylic acids is 1. The third-order valence-corrected chi connectivity index (χ3v) is 4.32. The molecule has 0 aliphatic carbocycles. The minimum absolute atomic E-state index is 0.0928. The van der Waals surface area contributed by atoms with E-state index < -0.39 is 17.8 Å². The van der Waals surface area contributed by atoms with Gasteiger partial charge < -0.3 is 14.4 Å². The van der Waals surface area contributed by atoms with Crippen LogP contribution in [0.15, 0.2) is 41.6 Å². The van der Waals surface area contributed by atoms with Gasteiger partial charge in [-0.1, -0.05) is 29.3 Å². The Labute approximate surface area is 169 Å². The second kappa shape index (κ2) is 10.4. The molecule has 152 valence electrons. The third-order valence-electron chi connectivity index (χ3n) is 4.32. The Morgan fingerprint density at radius 2 is 2.07 bits per heavy atom. The Bertz CT molecular complexity index is 950. The van der Waals surface area contributed by atoms with E-state index in [0.29, 0.717) is 22.4 Å². The van der Waals surface area contributed by atoms with Crippen molar-refractivity contribution in [1.29, 1.82) is 0 Å². The van der Waals surface area contributed by atoms with Crippen LogP contribution in [0.5, 0.6) is 0 Å². The molecule has 1 N–H and O–H groups in total. The van der Waals surface area contributed by atoms with Crippen LogP contribution in [0.4, 0.5) is 4.39 Å². The molecule has 0 amide bonds. The summed E-state index contributed by atoms with van der Waals surface area (Å²) in [4.78, 5) is 22.6. The first kappa shape index (κ1) is 22.1. The van der Waals surface area contributed by atoms with E-state index in [-0.39, 0.29) is 6.61 Å². The molecule has 0 heterocycles. The Balaban J connectivity index is 2.26. The second-order valence-corrected chi connectivity index (χ2v) is 6.24. The molecule has 0 spiro atoms. The molecule has 7 heteroatoms. The lowest BCUT2D eigenvalue weighted by Gasteiger charge is -2.19. The molecule has 2 aromatic rings. The van der Waals surface area contributed by atoms with Gasteiger partial charge in [0.1, 0.15) is 12.4 Å². The number of hydroxylamine groups is 1. The Morgan fingerprint density at radius 1 is 1.31 bits per heavy atom. The summed E-state index contributed by atoms with van der Waals surface area (Å²) in [6.07, 6.45) is 5.34. The van der Waals surface area contributed by atoms with E-state index in [9.17, 15) is 9.18 Å². The van der Waals surface area contributed by atoms with Crippen LogP contribution in [0.25, 0.3) is 0 Å². The number of esters is 1. The highest BCUT2D eigenvalue weighted by Gasteiger charge is 2.25. The number of nitrogens with one attached hydrogen (secondary N) is 1. The van der Waals surface area contributed by atoms with Crippen molar-refractivity contribution in [3.05, 3.63) is 70.0 Å². The summed E-state index contributed by atoms with van der Waals surface area (Å²) >= 11 is 0. The fraction of sp³-hybridized carbons (Fsp3) is 0.273. The van der Waals surface area contributed by atoms with Crippen molar-refractivity contribution in [3.63, 3.8) is 0 Å². The molecule has 0 saturated carbocycles. The number of oxime groups is 1. The van der Waals surface area contributed by atoms with Gasteiger partial charge in [-0.25, -0.2) is 9.18 Å². The molecule has 0 bridgehead atoms. The monoisotopic (exact) mass is 398 g/mol. The zero-order valence-corrected chi connectivity index (χ0v) is 16.8. The molecule has 0 aliphatic rings. The van der Waals surface area contributed by atoms with Crippen LogP contribution in [0.1, 0.15) is 40.8 Å². The van der Waals surface area contributed by atoms with Gasteiger partial charge in [-0.2, -0.15) is 5.48 Å².